The molecule has 1 amide bonds. The standard InChI is InChI=1S/C18H18N4O/c1-22(14-7-8-16-17(12-14)21-10-9-20-16)18(23)15(19)11-13-5-3-2-4-6-13/h2-10,12,15H,11,19H2,1H3. The van der Waals surface area contributed by atoms with Gasteiger partial charge in [-0.25, -0.2) is 0 Å². The number of benzene rings is 2. The van der Waals surface area contributed by atoms with Crippen molar-refractivity contribution in [1.82, 2.24) is 9.97 Å². The average molecular weight is 306 g/mol. The van der Waals surface area contributed by atoms with Gasteiger partial charge in [0.2, 0.25) is 5.91 Å². The zero-order chi connectivity index (χ0) is 16.2. The van der Waals surface area contributed by atoms with E-state index in [0.29, 0.717) is 6.42 Å². The average Bonchev–Trinajstić information content (AvgIpc) is 2.61. The van der Waals surface area contributed by atoms with Gasteiger partial charge in [0, 0.05) is 25.1 Å². The lowest BCUT2D eigenvalue weighted by Crippen LogP contribution is -2.43. The first-order valence-electron chi connectivity index (χ1n) is 7.43. The molecule has 1 aromatic heterocycles. The van der Waals surface area contributed by atoms with Gasteiger partial charge < -0.3 is 10.6 Å². The van der Waals surface area contributed by atoms with Crippen LogP contribution in [-0.4, -0.2) is 29.0 Å². The predicted molar refractivity (Wildman–Crippen MR) is 91.1 cm³/mol. The second kappa shape index (κ2) is 6.54. The molecule has 3 rings (SSSR count). The number of hydrogen-bond acceptors (Lipinski definition) is 4. The highest BCUT2D eigenvalue weighted by molar-refractivity contribution is 5.98. The van der Waals surface area contributed by atoms with E-state index < -0.39 is 6.04 Å². The topological polar surface area (TPSA) is 72.1 Å². The van der Waals surface area contributed by atoms with E-state index in [1.54, 1.807) is 24.3 Å². The summed E-state index contributed by atoms with van der Waals surface area (Å²) >= 11 is 0. The molecule has 23 heavy (non-hydrogen) atoms. The SMILES string of the molecule is CN(C(=O)C(N)Cc1ccccc1)c1ccc2nccnc2c1. The molecule has 0 aliphatic heterocycles. The Balaban J connectivity index is 1.77. The van der Waals surface area contributed by atoms with Crippen LogP contribution in [0.1, 0.15) is 5.56 Å². The zero-order valence-electron chi connectivity index (χ0n) is 12.9. The molecular formula is C18H18N4O. The van der Waals surface area contributed by atoms with Crippen LogP contribution in [-0.2, 0) is 11.2 Å². The Morgan fingerprint density at radius 2 is 1.78 bits per heavy atom. The van der Waals surface area contributed by atoms with Gasteiger partial charge in [-0.15, -0.1) is 0 Å². The molecule has 1 heterocycles. The van der Waals surface area contributed by atoms with Crippen LogP contribution in [0.4, 0.5) is 5.69 Å². The van der Waals surface area contributed by atoms with Crippen molar-refractivity contribution < 1.29 is 4.79 Å². The van der Waals surface area contributed by atoms with E-state index in [-0.39, 0.29) is 5.91 Å². The van der Waals surface area contributed by atoms with Gasteiger partial charge >= 0.3 is 0 Å². The lowest BCUT2D eigenvalue weighted by molar-refractivity contribution is -0.119. The Hall–Kier alpha value is -2.79. The van der Waals surface area contributed by atoms with Crippen LogP contribution in [0.2, 0.25) is 0 Å². The van der Waals surface area contributed by atoms with Crippen LogP contribution in [0.15, 0.2) is 60.9 Å². The van der Waals surface area contributed by atoms with E-state index in [4.69, 9.17) is 5.73 Å². The molecule has 0 saturated heterocycles. The summed E-state index contributed by atoms with van der Waals surface area (Å²) in [5.41, 5.74) is 9.43. The van der Waals surface area contributed by atoms with Gasteiger partial charge in [-0.2, -0.15) is 0 Å². The maximum absolute atomic E-state index is 12.5. The van der Waals surface area contributed by atoms with Gasteiger partial charge in [0.1, 0.15) is 0 Å². The van der Waals surface area contributed by atoms with Crippen LogP contribution < -0.4 is 10.6 Å². The van der Waals surface area contributed by atoms with Crippen LogP contribution in [0.3, 0.4) is 0 Å². The molecule has 0 bridgehead atoms. The van der Waals surface area contributed by atoms with E-state index in [2.05, 4.69) is 9.97 Å². The molecule has 1 unspecified atom stereocenters. The van der Waals surface area contributed by atoms with E-state index in [1.807, 2.05) is 48.5 Å². The Labute approximate surface area is 134 Å². The molecule has 2 N–H and O–H groups in total. The van der Waals surface area contributed by atoms with Crippen LogP contribution in [0, 0.1) is 0 Å². The van der Waals surface area contributed by atoms with Crippen molar-refractivity contribution in [2.24, 2.45) is 5.73 Å². The third kappa shape index (κ3) is 3.35. The molecule has 0 aliphatic carbocycles. The summed E-state index contributed by atoms with van der Waals surface area (Å²) in [5, 5.41) is 0. The van der Waals surface area contributed by atoms with Crippen molar-refractivity contribution in [3.05, 3.63) is 66.5 Å². The van der Waals surface area contributed by atoms with Gasteiger partial charge in [-0.3, -0.25) is 14.8 Å². The van der Waals surface area contributed by atoms with Crippen molar-refractivity contribution in [2.45, 2.75) is 12.5 Å². The lowest BCUT2D eigenvalue weighted by Gasteiger charge is -2.21. The number of carbonyl (C=O) groups is 1. The number of nitrogens with zero attached hydrogens (tertiary/aromatic N) is 3. The number of hydrogen-bond donors (Lipinski definition) is 1. The normalized spacial score (nSPS) is 12.1. The molecule has 116 valence electrons. The number of amides is 1. The minimum Gasteiger partial charge on any atom is -0.320 e. The number of fused-ring (bicyclic) bond motifs is 1. The maximum atomic E-state index is 12.5. The molecule has 5 heteroatoms. The molecule has 5 nitrogen and oxygen atoms in total. The Bertz CT molecular complexity index is 819. The molecule has 0 fully saturated rings. The number of carbonyl (C=O) groups excluding carboxylic acids is 1. The molecule has 0 aliphatic rings. The van der Waals surface area contributed by atoms with Gasteiger partial charge in [0.15, 0.2) is 0 Å². The first-order chi connectivity index (χ1) is 11.1. The van der Waals surface area contributed by atoms with Crippen molar-refractivity contribution in [1.29, 1.82) is 0 Å². The highest BCUT2D eigenvalue weighted by atomic mass is 16.2. The Morgan fingerprint density at radius 3 is 2.52 bits per heavy atom. The number of anilines is 1. The van der Waals surface area contributed by atoms with Gasteiger partial charge in [-0.05, 0) is 30.2 Å². The van der Waals surface area contributed by atoms with Gasteiger partial charge in [0.05, 0.1) is 17.1 Å². The third-order valence-electron chi connectivity index (χ3n) is 3.79. The second-order valence-corrected chi connectivity index (χ2v) is 5.42. The predicted octanol–water partition coefficient (Wildman–Crippen LogP) is 2.16. The summed E-state index contributed by atoms with van der Waals surface area (Å²) < 4.78 is 0. The smallest absolute Gasteiger partial charge is 0.243 e. The number of nitrogens with two attached hydrogens (primary N) is 1. The fourth-order valence-electron chi connectivity index (χ4n) is 2.49. The minimum atomic E-state index is -0.583. The minimum absolute atomic E-state index is 0.128. The highest BCUT2D eigenvalue weighted by Gasteiger charge is 2.20. The number of rotatable bonds is 4. The fourth-order valence-corrected chi connectivity index (χ4v) is 2.49. The summed E-state index contributed by atoms with van der Waals surface area (Å²) in [4.78, 5) is 22.6. The zero-order valence-corrected chi connectivity index (χ0v) is 12.9. The number of likely N-dealkylation sites (N-methyl/N-ethyl adjacent to an activating group) is 1. The first kappa shape index (κ1) is 15.1. The largest absolute Gasteiger partial charge is 0.320 e. The van der Waals surface area contributed by atoms with Crippen LogP contribution >= 0.6 is 0 Å². The molecular weight excluding hydrogens is 288 g/mol. The lowest BCUT2D eigenvalue weighted by atomic mass is 10.1. The van der Waals surface area contributed by atoms with Crippen molar-refractivity contribution in [2.75, 3.05) is 11.9 Å². The third-order valence-corrected chi connectivity index (χ3v) is 3.79. The van der Waals surface area contributed by atoms with Crippen molar-refractivity contribution in [3.8, 4) is 0 Å². The molecule has 0 spiro atoms. The van der Waals surface area contributed by atoms with Crippen LogP contribution in [0.5, 0.6) is 0 Å². The van der Waals surface area contributed by atoms with Crippen molar-refractivity contribution in [3.63, 3.8) is 0 Å². The van der Waals surface area contributed by atoms with E-state index in [9.17, 15) is 4.79 Å². The summed E-state index contributed by atoms with van der Waals surface area (Å²) in [6.07, 6.45) is 3.79. The van der Waals surface area contributed by atoms with Gasteiger partial charge in [-0.1, -0.05) is 30.3 Å². The summed E-state index contributed by atoms with van der Waals surface area (Å²) in [7, 11) is 1.73. The fraction of sp³-hybridized carbons (Fsp3) is 0.167. The number of aromatic nitrogens is 2. The first-order valence-corrected chi connectivity index (χ1v) is 7.43. The molecule has 2 aromatic carbocycles. The van der Waals surface area contributed by atoms with Gasteiger partial charge in [0.25, 0.3) is 0 Å². The monoisotopic (exact) mass is 306 g/mol. The van der Waals surface area contributed by atoms with E-state index in [1.165, 1.54) is 0 Å². The van der Waals surface area contributed by atoms with E-state index >= 15 is 0 Å². The van der Waals surface area contributed by atoms with Crippen LogP contribution in [0.25, 0.3) is 11.0 Å². The Morgan fingerprint density at radius 1 is 1.09 bits per heavy atom. The molecule has 3 aromatic rings. The quantitative estimate of drug-likeness (QED) is 0.802. The van der Waals surface area contributed by atoms with E-state index in [0.717, 1.165) is 22.3 Å². The summed E-state index contributed by atoms with van der Waals surface area (Å²) in [5.74, 6) is -0.128. The molecule has 0 radical (unpaired) electrons. The second-order valence-electron chi connectivity index (χ2n) is 5.42. The maximum Gasteiger partial charge on any atom is 0.243 e. The summed E-state index contributed by atoms with van der Waals surface area (Å²) in [6, 6.07) is 14.7. The molecule has 1 atom stereocenters. The summed E-state index contributed by atoms with van der Waals surface area (Å²) in [6.45, 7) is 0. The van der Waals surface area contributed by atoms with Crippen molar-refractivity contribution >= 4 is 22.6 Å². The Kier molecular flexibility index (Phi) is 4.30. The highest BCUT2D eigenvalue weighted by Crippen LogP contribution is 2.19. The molecule has 0 saturated carbocycles.